The molecule has 2 aliphatic rings. The summed E-state index contributed by atoms with van der Waals surface area (Å²) in [5.41, 5.74) is 0. The number of nitrogens with zero attached hydrogens (tertiary/aromatic N) is 1. The Morgan fingerprint density at radius 1 is 0.905 bits per heavy atom. The van der Waals surface area contributed by atoms with E-state index >= 15 is 0 Å². The molecule has 0 aromatic heterocycles. The second-order valence-electron chi connectivity index (χ2n) is 6.01. The maximum atomic E-state index is 3.83. The van der Waals surface area contributed by atoms with Crippen LogP contribution in [0.4, 0.5) is 0 Å². The molecule has 1 nitrogen and oxygen atoms in total. The van der Waals surface area contributed by atoms with Crippen molar-refractivity contribution >= 4 is 15.9 Å². The van der Waals surface area contributed by atoms with Gasteiger partial charge in [0.2, 0.25) is 0 Å². The average molecular weight is 404 g/mol. The van der Waals surface area contributed by atoms with Crippen molar-refractivity contribution < 1.29 is 17.1 Å². The van der Waals surface area contributed by atoms with E-state index in [1.54, 1.807) is 0 Å². The van der Waals surface area contributed by atoms with Gasteiger partial charge in [-0.25, -0.2) is 0 Å². The molecule has 2 rings (SSSR count). The molecule has 0 radical (unpaired) electrons. The largest absolute Gasteiger partial charge is 2.00 e. The van der Waals surface area contributed by atoms with Crippen molar-refractivity contribution in [2.24, 2.45) is 11.8 Å². The molecule has 3 heteroatoms. The Bertz CT molecular complexity index is 198. The molecule has 2 fully saturated rings. The molecule has 0 heterocycles. The zero-order valence-corrected chi connectivity index (χ0v) is 17.7. The standard InChI is InChI=1S/C11H22BrN.C5H10.2CH3.Fe/c1-4-13(5-2)8-10-7-6-9(3)11(10)12;1-2-4-5-3-1;;;/h9-11H,4-8H2,1-3H3;1-5H2;2*1H3;/q;;2*-1;+2. The van der Waals surface area contributed by atoms with Crippen LogP contribution in [0.25, 0.3) is 0 Å². The van der Waals surface area contributed by atoms with Gasteiger partial charge in [-0.1, -0.05) is 68.8 Å². The summed E-state index contributed by atoms with van der Waals surface area (Å²) in [4.78, 5) is 3.30. The van der Waals surface area contributed by atoms with Gasteiger partial charge in [0.15, 0.2) is 0 Å². The van der Waals surface area contributed by atoms with Crippen LogP contribution in [0, 0.1) is 26.7 Å². The molecule has 0 aromatic rings. The molecular weight excluding hydrogens is 366 g/mol. The molecule has 3 atom stereocenters. The predicted molar refractivity (Wildman–Crippen MR) is 98.3 cm³/mol. The summed E-state index contributed by atoms with van der Waals surface area (Å²) in [7, 11) is 0. The van der Waals surface area contributed by atoms with E-state index in [0.717, 1.165) is 16.7 Å². The van der Waals surface area contributed by atoms with E-state index < -0.39 is 0 Å². The molecule has 3 unspecified atom stereocenters. The van der Waals surface area contributed by atoms with E-state index in [0.29, 0.717) is 0 Å². The summed E-state index contributed by atoms with van der Waals surface area (Å²) >= 11 is 3.83. The minimum atomic E-state index is 0. The zero-order chi connectivity index (χ0) is 13.4. The number of hydrogen-bond acceptors (Lipinski definition) is 1. The second kappa shape index (κ2) is 15.8. The minimum Gasteiger partial charge on any atom is -0.358 e. The maximum Gasteiger partial charge on any atom is 2.00 e. The second-order valence-corrected chi connectivity index (χ2v) is 7.07. The Balaban J connectivity index is -0.000000349. The number of halogens is 1. The van der Waals surface area contributed by atoms with Crippen molar-refractivity contribution in [3.05, 3.63) is 14.9 Å². The molecule has 21 heavy (non-hydrogen) atoms. The number of alkyl halides is 1. The van der Waals surface area contributed by atoms with Crippen molar-refractivity contribution in [3.63, 3.8) is 0 Å². The summed E-state index contributed by atoms with van der Waals surface area (Å²) in [6.45, 7) is 10.5. The van der Waals surface area contributed by atoms with Crippen molar-refractivity contribution in [1.29, 1.82) is 0 Å². The smallest absolute Gasteiger partial charge is 0.358 e. The van der Waals surface area contributed by atoms with Crippen LogP contribution in [-0.4, -0.2) is 29.4 Å². The maximum absolute atomic E-state index is 3.83. The van der Waals surface area contributed by atoms with Crippen LogP contribution in [0.15, 0.2) is 0 Å². The van der Waals surface area contributed by atoms with Crippen molar-refractivity contribution in [1.82, 2.24) is 4.90 Å². The molecule has 0 aromatic carbocycles. The molecule has 2 aliphatic carbocycles. The topological polar surface area (TPSA) is 3.24 Å². The van der Waals surface area contributed by atoms with Gasteiger partial charge in [0.25, 0.3) is 0 Å². The van der Waals surface area contributed by atoms with E-state index in [-0.39, 0.29) is 31.9 Å². The normalized spacial score (nSPS) is 27.0. The van der Waals surface area contributed by atoms with Crippen LogP contribution in [0.3, 0.4) is 0 Å². The Hall–Kier alpha value is 0.959. The molecule has 0 bridgehead atoms. The van der Waals surface area contributed by atoms with Crippen LogP contribution >= 0.6 is 15.9 Å². The van der Waals surface area contributed by atoms with E-state index in [1.807, 2.05) is 0 Å². The van der Waals surface area contributed by atoms with Gasteiger partial charge in [0.1, 0.15) is 0 Å². The molecule has 0 amide bonds. The Morgan fingerprint density at radius 2 is 1.33 bits per heavy atom. The Morgan fingerprint density at radius 3 is 1.62 bits per heavy atom. The first-order chi connectivity index (χ1) is 8.69. The van der Waals surface area contributed by atoms with Crippen LogP contribution in [0.1, 0.15) is 65.7 Å². The fourth-order valence-electron chi connectivity index (χ4n) is 3.15. The summed E-state index contributed by atoms with van der Waals surface area (Å²) in [6.07, 6.45) is 10.3. The average Bonchev–Trinajstić information content (AvgIpc) is 3.04. The number of rotatable bonds is 4. The SMILES string of the molecule is C1CCCC1.CCN(CC)CC1CCC(C)C1Br.[CH3-].[CH3-].[Fe+2]. The zero-order valence-electron chi connectivity index (χ0n) is 15.0. The quantitative estimate of drug-likeness (QED) is 0.316. The van der Waals surface area contributed by atoms with Gasteiger partial charge in [-0.3, -0.25) is 0 Å². The van der Waals surface area contributed by atoms with Crippen molar-refractivity contribution in [2.75, 3.05) is 19.6 Å². The van der Waals surface area contributed by atoms with Gasteiger partial charge in [0, 0.05) is 11.4 Å². The first kappa shape index (κ1) is 26.8. The monoisotopic (exact) mass is 403 g/mol. The molecule has 130 valence electrons. The van der Waals surface area contributed by atoms with E-state index in [4.69, 9.17) is 0 Å². The molecule has 0 saturated heterocycles. The molecular formula is C18H38BrFeN. The van der Waals surface area contributed by atoms with Crippen molar-refractivity contribution in [2.45, 2.75) is 70.5 Å². The summed E-state index contributed by atoms with van der Waals surface area (Å²) in [6, 6.07) is 0. The minimum absolute atomic E-state index is 0. The first-order valence-electron chi connectivity index (χ1n) is 8.05. The van der Waals surface area contributed by atoms with E-state index in [9.17, 15) is 0 Å². The van der Waals surface area contributed by atoms with Gasteiger partial charge in [-0.15, -0.1) is 0 Å². The Labute approximate surface area is 154 Å². The van der Waals surface area contributed by atoms with Crippen molar-refractivity contribution in [3.8, 4) is 0 Å². The molecule has 0 aliphatic heterocycles. The van der Waals surface area contributed by atoms with Gasteiger partial charge >= 0.3 is 17.1 Å². The first-order valence-corrected chi connectivity index (χ1v) is 8.97. The van der Waals surface area contributed by atoms with Gasteiger partial charge in [0.05, 0.1) is 0 Å². The van der Waals surface area contributed by atoms with E-state index in [2.05, 4.69) is 41.6 Å². The Kier molecular flexibility index (Phi) is 20.2. The molecule has 0 N–H and O–H groups in total. The fraction of sp³-hybridized carbons (Fsp3) is 0.889. The summed E-state index contributed by atoms with van der Waals surface area (Å²) in [5.74, 6) is 1.76. The summed E-state index contributed by atoms with van der Waals surface area (Å²) in [5, 5.41) is 0. The van der Waals surface area contributed by atoms with E-state index in [1.165, 1.54) is 64.6 Å². The van der Waals surface area contributed by atoms with Crippen LogP contribution in [0.5, 0.6) is 0 Å². The van der Waals surface area contributed by atoms with Gasteiger partial charge in [-0.05, 0) is 37.8 Å². The third-order valence-corrected chi connectivity index (χ3v) is 6.27. The van der Waals surface area contributed by atoms with Gasteiger partial charge in [-0.2, -0.15) is 0 Å². The van der Waals surface area contributed by atoms with Crippen LogP contribution in [0.2, 0.25) is 0 Å². The predicted octanol–water partition coefficient (Wildman–Crippen LogP) is 5.99. The fourth-order valence-corrected chi connectivity index (χ4v) is 3.85. The summed E-state index contributed by atoms with van der Waals surface area (Å²) < 4.78 is 0. The van der Waals surface area contributed by atoms with Crippen LogP contribution in [-0.2, 0) is 17.1 Å². The molecule has 0 spiro atoms. The molecule has 2 saturated carbocycles. The third-order valence-electron chi connectivity index (χ3n) is 4.62. The van der Waals surface area contributed by atoms with Crippen LogP contribution < -0.4 is 0 Å². The van der Waals surface area contributed by atoms with Gasteiger partial charge < -0.3 is 19.8 Å². The third kappa shape index (κ3) is 10.4. The number of hydrogen-bond donors (Lipinski definition) is 0.